The van der Waals surface area contributed by atoms with Crippen LogP contribution in [0.2, 0.25) is 0 Å². The number of benzene rings is 4. The Labute approximate surface area is 313 Å². The number of phenols is 1. The maximum Gasteiger partial charge on any atom is 0.260 e. The molecule has 276 valence electrons. The van der Waals surface area contributed by atoms with Gasteiger partial charge in [0.1, 0.15) is 5.75 Å². The number of amides is 1. The van der Waals surface area contributed by atoms with Crippen LogP contribution in [0.5, 0.6) is 28.7 Å². The summed E-state index contributed by atoms with van der Waals surface area (Å²) in [5, 5.41) is 24.3. The number of aliphatic imine (C=N–C) groups is 2. The number of aromatic hydroxyl groups is 1. The van der Waals surface area contributed by atoms with E-state index in [2.05, 4.69) is 17.4 Å². The van der Waals surface area contributed by atoms with Gasteiger partial charge in [0.05, 0.1) is 56.5 Å². The number of nitrogens with one attached hydrogen (secondary N) is 1. The normalized spacial score (nSPS) is 19.5. The molecule has 4 aromatic carbocycles. The molecule has 4 aliphatic rings. The highest BCUT2D eigenvalue weighted by molar-refractivity contribution is 6.05. The lowest BCUT2D eigenvalue weighted by atomic mass is 10.0. The molecule has 4 heterocycles. The highest BCUT2D eigenvalue weighted by Crippen LogP contribution is 2.44. The predicted octanol–water partition coefficient (Wildman–Crippen LogP) is 7.09. The molecule has 1 amide bonds. The first kappa shape index (κ1) is 34.8. The summed E-state index contributed by atoms with van der Waals surface area (Å²) in [5.41, 5.74) is 7.39. The lowest BCUT2D eigenvalue weighted by Gasteiger charge is -2.27. The number of aliphatic hydroxyl groups excluding tert-OH is 1. The number of nitrogens with zero attached hydrogens (tertiary/aromatic N) is 4. The molecule has 0 radical (unpaired) electrons. The van der Waals surface area contributed by atoms with Crippen LogP contribution in [-0.2, 0) is 0 Å². The minimum absolute atomic E-state index is 0.133. The van der Waals surface area contributed by atoms with E-state index in [1.165, 1.54) is 0 Å². The van der Waals surface area contributed by atoms with Gasteiger partial charge < -0.3 is 44.3 Å². The van der Waals surface area contributed by atoms with Crippen LogP contribution >= 0.6 is 0 Å². The lowest BCUT2D eigenvalue weighted by Crippen LogP contribution is -2.32. The van der Waals surface area contributed by atoms with Gasteiger partial charge in [0.2, 0.25) is 0 Å². The number of hydrogen-bond acceptors (Lipinski definition) is 11. The molecule has 12 nitrogen and oxygen atoms in total. The Morgan fingerprint density at radius 3 is 2.04 bits per heavy atom. The summed E-state index contributed by atoms with van der Waals surface area (Å²) in [6.07, 6.45) is 8.47. The molecule has 3 unspecified atom stereocenters. The van der Waals surface area contributed by atoms with Gasteiger partial charge in [0, 0.05) is 68.1 Å². The fourth-order valence-electron chi connectivity index (χ4n) is 7.24. The number of ether oxygens (including phenoxy) is 4. The molecule has 0 fully saturated rings. The second kappa shape index (κ2) is 14.6. The highest BCUT2D eigenvalue weighted by atomic mass is 16.5. The first-order valence-corrected chi connectivity index (χ1v) is 17.9. The molecule has 0 saturated heterocycles. The average Bonchev–Trinajstić information content (AvgIpc) is 3.78. The Balaban J connectivity index is 0.908. The molecule has 4 aliphatic heterocycles. The van der Waals surface area contributed by atoms with Gasteiger partial charge in [-0.25, -0.2) is 0 Å². The molecule has 0 spiro atoms. The van der Waals surface area contributed by atoms with Crippen LogP contribution in [0.15, 0.2) is 95.2 Å². The number of aliphatic hydroxyl groups is 1. The van der Waals surface area contributed by atoms with Gasteiger partial charge in [-0.3, -0.25) is 14.8 Å². The molecule has 0 aromatic heterocycles. The Bertz CT molecular complexity index is 2200. The van der Waals surface area contributed by atoms with Crippen molar-refractivity contribution in [2.45, 2.75) is 37.6 Å². The van der Waals surface area contributed by atoms with Crippen molar-refractivity contribution >= 4 is 46.5 Å². The summed E-state index contributed by atoms with van der Waals surface area (Å²) in [5.74, 6) is 1.98. The third-order valence-electron chi connectivity index (χ3n) is 10.2. The Morgan fingerprint density at radius 2 is 1.35 bits per heavy atom. The van der Waals surface area contributed by atoms with Crippen LogP contribution in [0.1, 0.15) is 52.5 Å². The molecular weight excluding hydrogens is 686 g/mol. The first-order chi connectivity index (χ1) is 26.3. The minimum Gasteiger partial charge on any atom is -0.508 e. The quantitative estimate of drug-likeness (QED) is 0.138. The zero-order valence-electron chi connectivity index (χ0n) is 30.2. The molecule has 3 atom stereocenters. The van der Waals surface area contributed by atoms with Gasteiger partial charge in [-0.05, 0) is 65.1 Å². The summed E-state index contributed by atoms with van der Waals surface area (Å²) in [4.78, 5) is 26.8. The van der Waals surface area contributed by atoms with E-state index in [1.54, 1.807) is 55.5 Å². The summed E-state index contributed by atoms with van der Waals surface area (Å²) < 4.78 is 23.6. The molecular formula is C42H41N5O7. The summed E-state index contributed by atoms with van der Waals surface area (Å²) in [7, 11) is 4.99. The molecule has 3 N–H and O–H groups in total. The number of carbonyl (C=O) groups excluding carboxylic acids is 1. The molecule has 54 heavy (non-hydrogen) atoms. The number of hydrogen-bond donors (Lipinski definition) is 3. The Morgan fingerprint density at radius 1 is 0.759 bits per heavy atom. The Kier molecular flexibility index (Phi) is 9.43. The number of methoxy groups -OCH3 is 2. The topological polar surface area (TPSA) is 138 Å². The van der Waals surface area contributed by atoms with Gasteiger partial charge in [-0.1, -0.05) is 24.3 Å². The standard InChI is InChI=1S/C42H41N5O7/c1-43-29-9-5-25(6-10-29)27-15-30-21-44-35-19-39(37(51-2)17-33(35)41(49)46(30)23-27)53-13-4-14-54-40-20-36-34(18-38(40)52-3)42(50)47-24-28(16-31(47)22-45-36)26-7-11-32(48)12-8-26/h5-12,17-24,30-31,42-43,48,50H,4,13-16H2,1-3H3. The first-order valence-electron chi connectivity index (χ1n) is 17.9. The van der Waals surface area contributed by atoms with E-state index >= 15 is 0 Å². The zero-order chi connectivity index (χ0) is 37.3. The molecule has 8 rings (SSSR count). The molecule has 0 bridgehead atoms. The molecule has 4 aromatic rings. The molecule has 0 aliphatic carbocycles. The van der Waals surface area contributed by atoms with Crippen LogP contribution in [0.25, 0.3) is 11.1 Å². The maximum atomic E-state index is 13.7. The monoisotopic (exact) mass is 727 g/mol. The van der Waals surface area contributed by atoms with Crippen LogP contribution < -0.4 is 24.3 Å². The largest absolute Gasteiger partial charge is 0.508 e. The van der Waals surface area contributed by atoms with E-state index < -0.39 is 6.23 Å². The van der Waals surface area contributed by atoms with Crippen molar-refractivity contribution in [3.8, 4) is 28.7 Å². The van der Waals surface area contributed by atoms with E-state index in [-0.39, 0.29) is 23.7 Å². The SMILES string of the molecule is CNc1ccc(C2=CN3C(=O)c4cc(OC)c(OCCCOc5cc6c(cc5OC)C(O)N5C=C(c7ccc(O)cc7)CC5C=N6)cc4N=CC3C2)cc1. The van der Waals surface area contributed by atoms with E-state index in [0.717, 1.165) is 28.0 Å². The minimum atomic E-state index is -0.943. The highest BCUT2D eigenvalue weighted by Gasteiger charge is 2.35. The number of fused-ring (bicyclic) bond motifs is 4. The van der Waals surface area contributed by atoms with Crippen molar-refractivity contribution in [3.63, 3.8) is 0 Å². The predicted molar refractivity (Wildman–Crippen MR) is 208 cm³/mol. The third kappa shape index (κ3) is 6.60. The second-order valence-electron chi connectivity index (χ2n) is 13.4. The summed E-state index contributed by atoms with van der Waals surface area (Å²) >= 11 is 0. The number of phenolic OH excluding ortho intramolecular Hbond substituents is 1. The maximum absolute atomic E-state index is 13.7. The van der Waals surface area contributed by atoms with Crippen molar-refractivity contribution < 1.29 is 34.0 Å². The lowest BCUT2D eigenvalue weighted by molar-refractivity contribution is 0.0336. The smallest absolute Gasteiger partial charge is 0.260 e. The van der Waals surface area contributed by atoms with Gasteiger partial charge in [0.15, 0.2) is 29.2 Å². The van der Waals surface area contributed by atoms with Gasteiger partial charge in [-0.2, -0.15) is 0 Å². The van der Waals surface area contributed by atoms with Crippen molar-refractivity contribution in [1.29, 1.82) is 0 Å². The fraction of sp³-hybridized carbons (Fsp3) is 0.262. The van der Waals surface area contributed by atoms with Crippen LogP contribution in [-0.4, -0.2) is 84.9 Å². The van der Waals surface area contributed by atoms with Gasteiger partial charge in [-0.15, -0.1) is 0 Å². The van der Waals surface area contributed by atoms with Gasteiger partial charge >= 0.3 is 0 Å². The van der Waals surface area contributed by atoms with Crippen molar-refractivity contribution in [1.82, 2.24) is 9.80 Å². The third-order valence-corrected chi connectivity index (χ3v) is 10.2. The van der Waals surface area contributed by atoms with Crippen LogP contribution in [0.3, 0.4) is 0 Å². The summed E-state index contributed by atoms with van der Waals surface area (Å²) in [6.45, 7) is 0.637. The van der Waals surface area contributed by atoms with Crippen molar-refractivity contribution in [3.05, 3.63) is 107 Å². The second-order valence-corrected chi connectivity index (χ2v) is 13.4. The zero-order valence-corrected chi connectivity index (χ0v) is 30.2. The number of rotatable bonds is 11. The van der Waals surface area contributed by atoms with Crippen molar-refractivity contribution in [2.24, 2.45) is 9.98 Å². The van der Waals surface area contributed by atoms with Crippen molar-refractivity contribution in [2.75, 3.05) is 39.8 Å². The van der Waals surface area contributed by atoms with E-state index in [9.17, 15) is 15.0 Å². The van der Waals surface area contributed by atoms with Crippen LogP contribution in [0, 0.1) is 0 Å². The average molecular weight is 728 g/mol. The van der Waals surface area contributed by atoms with E-state index in [0.29, 0.717) is 78.0 Å². The molecule has 12 heteroatoms. The number of anilines is 1. The number of carbonyl (C=O) groups is 1. The molecule has 0 saturated carbocycles. The van der Waals surface area contributed by atoms with Crippen LogP contribution in [0.4, 0.5) is 17.1 Å². The Hall–Kier alpha value is -6.27. The summed E-state index contributed by atoms with van der Waals surface area (Å²) in [6, 6.07) is 21.9. The fourth-order valence-corrected chi connectivity index (χ4v) is 7.24. The van der Waals surface area contributed by atoms with E-state index in [4.69, 9.17) is 28.9 Å². The van der Waals surface area contributed by atoms with Gasteiger partial charge in [0.25, 0.3) is 5.91 Å². The van der Waals surface area contributed by atoms with E-state index in [1.807, 2.05) is 61.0 Å².